The van der Waals surface area contributed by atoms with Crippen molar-refractivity contribution in [2.24, 2.45) is 0 Å². The highest BCUT2D eigenvalue weighted by atomic mass is 15.3. The molecule has 0 saturated carbocycles. The van der Waals surface area contributed by atoms with Gasteiger partial charge < -0.3 is 10.2 Å². The molecule has 0 radical (unpaired) electrons. The van der Waals surface area contributed by atoms with Crippen molar-refractivity contribution in [1.29, 1.82) is 5.26 Å². The van der Waals surface area contributed by atoms with Gasteiger partial charge in [0.1, 0.15) is 11.9 Å². The van der Waals surface area contributed by atoms with Crippen LogP contribution in [0, 0.1) is 18.3 Å². The molecule has 0 spiro atoms. The molecule has 2 heterocycles. The van der Waals surface area contributed by atoms with Crippen LogP contribution < -0.4 is 10.2 Å². The van der Waals surface area contributed by atoms with Gasteiger partial charge in [0.25, 0.3) is 0 Å². The summed E-state index contributed by atoms with van der Waals surface area (Å²) in [4.78, 5) is 9.30. The Morgan fingerprint density at radius 2 is 2.00 bits per heavy atom. The molecule has 0 unspecified atom stereocenters. The molecule has 1 fully saturated rings. The molecule has 136 valence electrons. The van der Waals surface area contributed by atoms with Crippen LogP contribution in [-0.2, 0) is 0 Å². The van der Waals surface area contributed by atoms with Crippen LogP contribution in [0.3, 0.4) is 0 Å². The van der Waals surface area contributed by atoms with Gasteiger partial charge in [-0.2, -0.15) is 5.26 Å². The normalized spacial score (nSPS) is 16.1. The van der Waals surface area contributed by atoms with Crippen LogP contribution in [0.2, 0.25) is 0 Å². The largest absolute Gasteiger partial charge is 0.369 e. The standard InChI is InChI=1S/C21H27N5/c1-17-4-3-5-20(14-17)26-12-10-25(11-13-26)9-8-18(2)24-21-7-6-19(15-22)16-23-21/h3-7,14,16,18H,8-13H2,1-2H3,(H,23,24)/t18-/m1/s1. The second-order valence-corrected chi connectivity index (χ2v) is 7.05. The number of anilines is 2. The number of hydrogen-bond acceptors (Lipinski definition) is 5. The Balaban J connectivity index is 1.41. The van der Waals surface area contributed by atoms with E-state index >= 15 is 0 Å². The molecule has 2 aromatic rings. The van der Waals surface area contributed by atoms with E-state index in [4.69, 9.17) is 5.26 Å². The summed E-state index contributed by atoms with van der Waals surface area (Å²) in [6, 6.07) is 14.9. The molecule has 1 aromatic heterocycles. The van der Waals surface area contributed by atoms with Crippen molar-refractivity contribution in [3.63, 3.8) is 0 Å². The van der Waals surface area contributed by atoms with Gasteiger partial charge in [-0.1, -0.05) is 12.1 Å². The number of nitriles is 1. The van der Waals surface area contributed by atoms with Gasteiger partial charge in [-0.05, 0) is 50.1 Å². The maximum absolute atomic E-state index is 8.82. The van der Waals surface area contributed by atoms with E-state index in [1.165, 1.54) is 11.3 Å². The topological polar surface area (TPSA) is 55.2 Å². The number of nitrogens with one attached hydrogen (secondary N) is 1. The average Bonchev–Trinajstić information content (AvgIpc) is 2.67. The zero-order valence-corrected chi connectivity index (χ0v) is 15.7. The summed E-state index contributed by atoms with van der Waals surface area (Å²) < 4.78 is 0. The highest BCUT2D eigenvalue weighted by Gasteiger charge is 2.17. The van der Waals surface area contributed by atoms with E-state index in [-0.39, 0.29) is 0 Å². The Hall–Kier alpha value is -2.58. The lowest BCUT2D eigenvalue weighted by atomic mass is 10.1. The Kier molecular flexibility index (Phi) is 6.08. The molecule has 5 heteroatoms. The molecule has 1 saturated heterocycles. The third kappa shape index (κ3) is 4.96. The molecule has 3 rings (SSSR count). The van der Waals surface area contributed by atoms with E-state index < -0.39 is 0 Å². The third-order valence-corrected chi connectivity index (χ3v) is 4.90. The fraction of sp³-hybridized carbons (Fsp3) is 0.429. The lowest BCUT2D eigenvalue weighted by molar-refractivity contribution is 0.251. The number of aromatic nitrogens is 1. The number of hydrogen-bond donors (Lipinski definition) is 1. The maximum atomic E-state index is 8.82. The van der Waals surface area contributed by atoms with Crippen LogP contribution in [0.25, 0.3) is 0 Å². The monoisotopic (exact) mass is 349 g/mol. The van der Waals surface area contributed by atoms with E-state index in [1.807, 2.05) is 6.07 Å². The Morgan fingerprint density at radius 1 is 1.19 bits per heavy atom. The molecule has 0 aliphatic carbocycles. The minimum atomic E-state index is 0.352. The molecule has 26 heavy (non-hydrogen) atoms. The van der Waals surface area contributed by atoms with Crippen LogP contribution in [-0.4, -0.2) is 48.6 Å². The Morgan fingerprint density at radius 3 is 2.65 bits per heavy atom. The first-order chi connectivity index (χ1) is 12.6. The molecule has 1 aliphatic rings. The quantitative estimate of drug-likeness (QED) is 0.867. The van der Waals surface area contributed by atoms with Gasteiger partial charge in [-0.25, -0.2) is 4.98 Å². The van der Waals surface area contributed by atoms with Crippen LogP contribution in [0.15, 0.2) is 42.6 Å². The summed E-state index contributed by atoms with van der Waals surface area (Å²) in [7, 11) is 0. The van der Waals surface area contributed by atoms with Crippen LogP contribution in [0.4, 0.5) is 11.5 Å². The predicted octanol–water partition coefficient (Wildman–Crippen LogP) is 3.27. The third-order valence-electron chi connectivity index (χ3n) is 4.90. The van der Waals surface area contributed by atoms with Crippen molar-refractivity contribution in [3.05, 3.63) is 53.7 Å². The highest BCUT2D eigenvalue weighted by molar-refractivity contribution is 5.48. The summed E-state index contributed by atoms with van der Waals surface area (Å²) in [5.74, 6) is 0.834. The van der Waals surface area contributed by atoms with Gasteiger partial charge in [0, 0.05) is 50.6 Å². The number of pyridine rings is 1. The predicted molar refractivity (Wildman–Crippen MR) is 106 cm³/mol. The maximum Gasteiger partial charge on any atom is 0.126 e. The number of aryl methyl sites for hydroxylation is 1. The van der Waals surface area contributed by atoms with Crippen LogP contribution in [0.1, 0.15) is 24.5 Å². The number of nitrogens with zero attached hydrogens (tertiary/aromatic N) is 4. The number of piperazine rings is 1. The Labute approximate surface area is 156 Å². The Bertz CT molecular complexity index is 742. The van der Waals surface area contributed by atoms with Crippen molar-refractivity contribution < 1.29 is 0 Å². The minimum absolute atomic E-state index is 0.352. The van der Waals surface area contributed by atoms with Crippen LogP contribution >= 0.6 is 0 Å². The summed E-state index contributed by atoms with van der Waals surface area (Å²) in [5.41, 5.74) is 3.25. The smallest absolute Gasteiger partial charge is 0.126 e. The fourth-order valence-corrected chi connectivity index (χ4v) is 3.30. The van der Waals surface area contributed by atoms with E-state index in [2.05, 4.69) is 64.3 Å². The molecule has 1 aromatic carbocycles. The zero-order chi connectivity index (χ0) is 18.4. The van der Waals surface area contributed by atoms with Gasteiger partial charge in [0.15, 0.2) is 0 Å². The fourth-order valence-electron chi connectivity index (χ4n) is 3.30. The molecule has 0 amide bonds. The lowest BCUT2D eigenvalue weighted by Gasteiger charge is -2.36. The molecular weight excluding hydrogens is 322 g/mol. The summed E-state index contributed by atoms with van der Waals surface area (Å²) in [5, 5.41) is 12.2. The van der Waals surface area contributed by atoms with Crippen LogP contribution in [0.5, 0.6) is 0 Å². The summed E-state index contributed by atoms with van der Waals surface area (Å²) in [6.45, 7) is 9.81. The molecule has 0 bridgehead atoms. The summed E-state index contributed by atoms with van der Waals surface area (Å²) in [6.07, 6.45) is 2.69. The van der Waals surface area contributed by atoms with E-state index in [1.54, 1.807) is 12.3 Å². The first-order valence-corrected chi connectivity index (χ1v) is 9.31. The molecule has 5 nitrogen and oxygen atoms in total. The van der Waals surface area contributed by atoms with Crippen molar-refractivity contribution >= 4 is 11.5 Å². The molecule has 1 atom stereocenters. The van der Waals surface area contributed by atoms with E-state index in [0.29, 0.717) is 11.6 Å². The highest BCUT2D eigenvalue weighted by Crippen LogP contribution is 2.18. The van der Waals surface area contributed by atoms with Gasteiger partial charge in [-0.15, -0.1) is 0 Å². The summed E-state index contributed by atoms with van der Waals surface area (Å²) >= 11 is 0. The number of benzene rings is 1. The second-order valence-electron chi connectivity index (χ2n) is 7.05. The minimum Gasteiger partial charge on any atom is -0.369 e. The van der Waals surface area contributed by atoms with Gasteiger partial charge in [0.2, 0.25) is 0 Å². The first-order valence-electron chi connectivity index (χ1n) is 9.31. The molecular formula is C21H27N5. The van der Waals surface area contributed by atoms with Crippen molar-refractivity contribution in [1.82, 2.24) is 9.88 Å². The van der Waals surface area contributed by atoms with E-state index in [9.17, 15) is 0 Å². The zero-order valence-electron chi connectivity index (χ0n) is 15.7. The average molecular weight is 349 g/mol. The lowest BCUT2D eigenvalue weighted by Crippen LogP contribution is -2.47. The van der Waals surface area contributed by atoms with Gasteiger partial charge in [-0.3, -0.25) is 4.90 Å². The first kappa shape index (κ1) is 18.2. The number of rotatable bonds is 6. The van der Waals surface area contributed by atoms with Gasteiger partial charge in [0.05, 0.1) is 5.56 Å². The van der Waals surface area contributed by atoms with Crippen molar-refractivity contribution in [3.8, 4) is 6.07 Å². The van der Waals surface area contributed by atoms with E-state index in [0.717, 1.165) is 45.0 Å². The SMILES string of the molecule is Cc1cccc(N2CCN(CC[C@@H](C)Nc3ccc(C#N)cn3)CC2)c1. The van der Waals surface area contributed by atoms with Crippen molar-refractivity contribution in [2.45, 2.75) is 26.3 Å². The van der Waals surface area contributed by atoms with Gasteiger partial charge >= 0.3 is 0 Å². The van der Waals surface area contributed by atoms with Crippen molar-refractivity contribution in [2.75, 3.05) is 42.9 Å². The second kappa shape index (κ2) is 8.68. The molecule has 1 N–H and O–H groups in total. The molecule has 1 aliphatic heterocycles.